The number of hydrogen-bond donors (Lipinski definition) is 2. The molecule has 0 bridgehead atoms. The average molecular weight is 252 g/mol. The Morgan fingerprint density at radius 2 is 1.95 bits per heavy atom. The number of aromatic hydroxyl groups is 1. The first-order chi connectivity index (χ1) is 9.29. The summed E-state index contributed by atoms with van der Waals surface area (Å²) in [4.78, 5) is 7.77. The molecule has 0 aliphatic carbocycles. The number of aromatic nitrogens is 2. The first kappa shape index (κ1) is 10.6. The maximum atomic E-state index is 9.47. The van der Waals surface area contributed by atoms with Crippen LogP contribution in [0.5, 0.6) is 5.75 Å². The van der Waals surface area contributed by atoms with E-state index in [0.717, 1.165) is 22.4 Å². The summed E-state index contributed by atoms with van der Waals surface area (Å²) < 4.78 is 5.42. The van der Waals surface area contributed by atoms with Crippen LogP contribution in [0.15, 0.2) is 36.4 Å². The first-order valence-corrected chi connectivity index (χ1v) is 6.18. The predicted molar refractivity (Wildman–Crippen MR) is 71.7 cm³/mol. The Morgan fingerprint density at radius 1 is 1.05 bits per heavy atom. The predicted octanol–water partition coefficient (Wildman–Crippen LogP) is 2.97. The highest BCUT2D eigenvalue weighted by Crippen LogP contribution is 2.27. The molecule has 2 N–H and O–H groups in total. The largest absolute Gasteiger partial charge is 0.508 e. The monoisotopic (exact) mass is 252 g/mol. The molecule has 0 atom stereocenters. The van der Waals surface area contributed by atoms with Crippen LogP contribution in [0.2, 0.25) is 0 Å². The van der Waals surface area contributed by atoms with E-state index in [-0.39, 0.29) is 5.75 Å². The Bertz CT molecular complexity index is 777. The Morgan fingerprint density at radius 3 is 2.89 bits per heavy atom. The number of fused-ring (bicyclic) bond motifs is 2. The smallest absolute Gasteiger partial charge is 0.138 e. The number of nitrogens with one attached hydrogen (secondary N) is 1. The van der Waals surface area contributed by atoms with E-state index in [1.54, 1.807) is 18.2 Å². The quantitative estimate of drug-likeness (QED) is 0.700. The fourth-order valence-electron chi connectivity index (χ4n) is 2.45. The molecular weight excluding hydrogens is 240 g/mol. The molecule has 2 heterocycles. The molecule has 4 rings (SSSR count). The molecule has 0 unspecified atom stereocenters. The number of imidazole rings is 1. The summed E-state index contributed by atoms with van der Waals surface area (Å²) in [7, 11) is 0. The molecule has 94 valence electrons. The lowest BCUT2D eigenvalue weighted by molar-refractivity contribution is 0.134. The van der Waals surface area contributed by atoms with Crippen molar-refractivity contribution in [2.24, 2.45) is 0 Å². The van der Waals surface area contributed by atoms with Crippen molar-refractivity contribution in [2.75, 3.05) is 0 Å². The molecule has 0 spiro atoms. The van der Waals surface area contributed by atoms with Gasteiger partial charge in [-0.15, -0.1) is 0 Å². The molecule has 19 heavy (non-hydrogen) atoms. The van der Waals surface area contributed by atoms with Gasteiger partial charge in [0.05, 0.1) is 24.2 Å². The molecule has 2 aromatic carbocycles. The number of nitrogens with zero attached hydrogens (tertiary/aromatic N) is 1. The van der Waals surface area contributed by atoms with Crippen molar-refractivity contribution in [3.05, 3.63) is 47.5 Å². The van der Waals surface area contributed by atoms with Gasteiger partial charge >= 0.3 is 0 Å². The maximum Gasteiger partial charge on any atom is 0.138 e. The van der Waals surface area contributed by atoms with Crippen LogP contribution in [0.1, 0.15) is 11.1 Å². The van der Waals surface area contributed by atoms with E-state index < -0.39 is 0 Å². The van der Waals surface area contributed by atoms with Crippen LogP contribution in [0, 0.1) is 0 Å². The third-order valence-corrected chi connectivity index (χ3v) is 3.46. The number of phenolic OH excluding ortho intramolecular Hbond substituents is 1. The molecular formula is C15H12N2O2. The lowest BCUT2D eigenvalue weighted by atomic mass is 10.1. The number of hydrogen-bond acceptors (Lipinski definition) is 3. The van der Waals surface area contributed by atoms with E-state index >= 15 is 0 Å². The van der Waals surface area contributed by atoms with Crippen LogP contribution in [0.25, 0.3) is 22.4 Å². The van der Waals surface area contributed by atoms with Gasteiger partial charge in [-0.05, 0) is 29.3 Å². The van der Waals surface area contributed by atoms with Crippen molar-refractivity contribution in [3.63, 3.8) is 0 Å². The van der Waals surface area contributed by atoms with Gasteiger partial charge < -0.3 is 14.8 Å². The first-order valence-electron chi connectivity index (χ1n) is 6.18. The fraction of sp³-hybridized carbons (Fsp3) is 0.133. The van der Waals surface area contributed by atoms with Crippen LogP contribution >= 0.6 is 0 Å². The Balaban J connectivity index is 1.85. The van der Waals surface area contributed by atoms with E-state index in [1.165, 1.54) is 11.1 Å². The molecule has 1 aliphatic rings. The van der Waals surface area contributed by atoms with Gasteiger partial charge in [0, 0.05) is 11.6 Å². The van der Waals surface area contributed by atoms with Gasteiger partial charge in [0.1, 0.15) is 11.6 Å². The summed E-state index contributed by atoms with van der Waals surface area (Å²) in [5.41, 5.74) is 5.20. The maximum absolute atomic E-state index is 9.47. The van der Waals surface area contributed by atoms with Crippen LogP contribution in [-0.4, -0.2) is 15.1 Å². The van der Waals surface area contributed by atoms with E-state index in [2.05, 4.69) is 22.1 Å². The number of rotatable bonds is 1. The van der Waals surface area contributed by atoms with Gasteiger partial charge in [-0.1, -0.05) is 12.1 Å². The Hall–Kier alpha value is -2.33. The summed E-state index contributed by atoms with van der Waals surface area (Å²) in [5, 5.41) is 9.47. The molecule has 1 aromatic heterocycles. The summed E-state index contributed by atoms with van der Waals surface area (Å²) in [6.07, 6.45) is 0. The molecule has 0 amide bonds. The lowest BCUT2D eigenvalue weighted by Crippen LogP contribution is -1.85. The minimum Gasteiger partial charge on any atom is -0.508 e. The second kappa shape index (κ2) is 3.83. The topological polar surface area (TPSA) is 58.1 Å². The van der Waals surface area contributed by atoms with Crippen LogP contribution in [0.3, 0.4) is 0 Å². The standard InChI is InChI=1S/C15H12N2O2/c18-12-3-4-13-14(6-12)17-15(16-13)9-1-2-10-7-19-8-11(10)5-9/h1-6,18H,7-8H2,(H,16,17). The zero-order chi connectivity index (χ0) is 12.8. The lowest BCUT2D eigenvalue weighted by Gasteiger charge is -2.00. The second-order valence-electron chi connectivity index (χ2n) is 4.76. The van der Waals surface area contributed by atoms with E-state index in [9.17, 15) is 5.11 Å². The molecule has 4 heteroatoms. The van der Waals surface area contributed by atoms with Crippen molar-refractivity contribution >= 4 is 11.0 Å². The second-order valence-corrected chi connectivity index (χ2v) is 4.76. The van der Waals surface area contributed by atoms with Crippen molar-refractivity contribution < 1.29 is 9.84 Å². The molecule has 4 nitrogen and oxygen atoms in total. The highest BCUT2D eigenvalue weighted by atomic mass is 16.5. The molecule has 0 saturated heterocycles. The van der Waals surface area contributed by atoms with Crippen molar-refractivity contribution in [3.8, 4) is 17.1 Å². The normalized spacial score (nSPS) is 13.9. The molecule has 0 fully saturated rings. The molecule has 1 aliphatic heterocycles. The third-order valence-electron chi connectivity index (χ3n) is 3.46. The number of ether oxygens (including phenoxy) is 1. The van der Waals surface area contributed by atoms with E-state index in [4.69, 9.17) is 4.74 Å². The van der Waals surface area contributed by atoms with Crippen LogP contribution in [0.4, 0.5) is 0 Å². The zero-order valence-corrected chi connectivity index (χ0v) is 10.2. The van der Waals surface area contributed by atoms with Gasteiger partial charge in [-0.3, -0.25) is 0 Å². The minimum absolute atomic E-state index is 0.241. The minimum atomic E-state index is 0.241. The van der Waals surface area contributed by atoms with Crippen molar-refractivity contribution in [1.82, 2.24) is 9.97 Å². The van der Waals surface area contributed by atoms with Gasteiger partial charge in [0.25, 0.3) is 0 Å². The highest BCUT2D eigenvalue weighted by molar-refractivity contribution is 5.80. The molecule has 0 saturated carbocycles. The van der Waals surface area contributed by atoms with Gasteiger partial charge in [-0.2, -0.15) is 0 Å². The Kier molecular flexibility index (Phi) is 2.13. The summed E-state index contributed by atoms with van der Waals surface area (Å²) in [5.74, 6) is 1.06. The number of aromatic amines is 1. The van der Waals surface area contributed by atoms with E-state index in [1.807, 2.05) is 6.07 Å². The van der Waals surface area contributed by atoms with Crippen LogP contribution < -0.4 is 0 Å². The molecule has 3 aromatic rings. The van der Waals surface area contributed by atoms with Crippen LogP contribution in [-0.2, 0) is 18.0 Å². The zero-order valence-electron chi connectivity index (χ0n) is 10.2. The number of H-pyrrole nitrogens is 1. The number of benzene rings is 2. The third kappa shape index (κ3) is 1.69. The average Bonchev–Trinajstić information content (AvgIpc) is 3.02. The summed E-state index contributed by atoms with van der Waals surface area (Å²) in [6, 6.07) is 11.4. The van der Waals surface area contributed by atoms with Gasteiger partial charge in [0.2, 0.25) is 0 Å². The molecule has 0 radical (unpaired) electrons. The van der Waals surface area contributed by atoms with E-state index in [0.29, 0.717) is 13.2 Å². The summed E-state index contributed by atoms with van der Waals surface area (Å²) >= 11 is 0. The number of phenols is 1. The summed E-state index contributed by atoms with van der Waals surface area (Å²) in [6.45, 7) is 1.37. The van der Waals surface area contributed by atoms with Gasteiger partial charge in [0.15, 0.2) is 0 Å². The fourth-order valence-corrected chi connectivity index (χ4v) is 2.45. The Labute approximate surface area is 109 Å². The van der Waals surface area contributed by atoms with Crippen molar-refractivity contribution in [1.29, 1.82) is 0 Å². The highest BCUT2D eigenvalue weighted by Gasteiger charge is 2.13. The SMILES string of the molecule is Oc1ccc2nc(-c3ccc4c(c3)COC4)[nH]c2c1. The van der Waals surface area contributed by atoms with Crippen molar-refractivity contribution in [2.45, 2.75) is 13.2 Å². The van der Waals surface area contributed by atoms with Gasteiger partial charge in [-0.25, -0.2) is 4.98 Å².